The number of H-pyrrole nitrogens is 1. The Balaban J connectivity index is 1.38. The van der Waals surface area contributed by atoms with Crippen molar-refractivity contribution in [2.75, 3.05) is 0 Å². The van der Waals surface area contributed by atoms with Crippen LogP contribution in [0.2, 0.25) is 0 Å². The number of hydrogen-bond acceptors (Lipinski definition) is 5. The van der Waals surface area contributed by atoms with Crippen molar-refractivity contribution in [2.45, 2.75) is 22.3 Å². The molecule has 0 spiro atoms. The molecule has 0 unspecified atom stereocenters. The molecule has 2 N–H and O–H groups in total. The number of para-hydroxylation sites is 1. The molecule has 3 aromatic rings. The number of nitrogens with one attached hydrogen (secondary N) is 2. The molecule has 1 amide bonds. The minimum Gasteiger partial charge on any atom is -0.361 e. The monoisotopic (exact) mass is 430 g/mol. The summed E-state index contributed by atoms with van der Waals surface area (Å²) >= 11 is 1.82. The summed E-state index contributed by atoms with van der Waals surface area (Å²) in [7, 11) is 0. The quantitative estimate of drug-likeness (QED) is 0.340. The van der Waals surface area contributed by atoms with Crippen molar-refractivity contribution in [3.05, 3.63) is 65.9 Å². The van der Waals surface area contributed by atoms with Gasteiger partial charge in [0, 0.05) is 27.6 Å². The molecule has 0 saturated carbocycles. The number of nitrogens with zero attached hydrogens (tertiary/aromatic N) is 2. The maximum absolute atomic E-state index is 12.4. The Morgan fingerprint density at radius 1 is 1.17 bits per heavy atom. The molecule has 2 heterocycles. The van der Waals surface area contributed by atoms with Crippen molar-refractivity contribution < 1.29 is 13.6 Å². The summed E-state index contributed by atoms with van der Waals surface area (Å²) in [5.41, 5.74) is 2.83. The molecular formula is C20H16F2N4OS2. The van der Waals surface area contributed by atoms with Gasteiger partial charge in [0.15, 0.2) is 5.17 Å². The van der Waals surface area contributed by atoms with E-state index < -0.39 is 5.76 Å². The van der Waals surface area contributed by atoms with Crippen LogP contribution in [0.25, 0.3) is 10.9 Å². The van der Waals surface area contributed by atoms with Crippen LogP contribution in [0, 0.1) is 0 Å². The number of fused-ring (bicyclic) bond motifs is 1. The van der Waals surface area contributed by atoms with Crippen molar-refractivity contribution in [3.63, 3.8) is 0 Å². The molecule has 0 radical (unpaired) electrons. The first-order valence-corrected chi connectivity index (χ1v) is 10.5. The molecule has 1 saturated heterocycles. The summed E-state index contributed by atoms with van der Waals surface area (Å²) < 4.78 is 24.8. The lowest BCUT2D eigenvalue weighted by atomic mass is 10.1. The Hall–Kier alpha value is -2.65. The number of hydrogen-bond donors (Lipinski definition) is 2. The van der Waals surface area contributed by atoms with Crippen LogP contribution in [0.15, 0.2) is 69.8 Å². The summed E-state index contributed by atoms with van der Waals surface area (Å²) in [5, 5.41) is 12.1. The number of alkyl halides is 2. The van der Waals surface area contributed by atoms with E-state index in [1.165, 1.54) is 11.8 Å². The third-order valence-electron chi connectivity index (χ3n) is 4.31. The number of thioether (sulfide) groups is 2. The smallest absolute Gasteiger partial charge is 0.288 e. The molecule has 1 aliphatic rings. The second-order valence-electron chi connectivity index (χ2n) is 6.26. The minimum absolute atomic E-state index is 0.137. The van der Waals surface area contributed by atoms with Crippen LogP contribution in [0.4, 0.5) is 8.78 Å². The van der Waals surface area contributed by atoms with Crippen LogP contribution in [-0.4, -0.2) is 33.3 Å². The van der Waals surface area contributed by atoms with Gasteiger partial charge >= 0.3 is 0 Å². The SMILES string of the molecule is O=C1N/C(=N/N=C\c2c[nH]c3ccccc23)S[C@H]1Cc1ccc(SC(F)F)cc1. The predicted octanol–water partition coefficient (Wildman–Crippen LogP) is 4.65. The largest absolute Gasteiger partial charge is 0.361 e. The Labute approximate surface area is 174 Å². The summed E-state index contributed by atoms with van der Waals surface area (Å²) in [5.74, 6) is -2.58. The van der Waals surface area contributed by atoms with E-state index in [4.69, 9.17) is 0 Å². The van der Waals surface area contributed by atoms with Gasteiger partial charge in [-0.25, -0.2) is 0 Å². The fourth-order valence-corrected chi connectivity index (χ4v) is 4.42. The Bertz CT molecular complexity index is 1080. The molecule has 148 valence electrons. The molecule has 4 rings (SSSR count). The number of halogens is 2. The highest BCUT2D eigenvalue weighted by molar-refractivity contribution is 8.15. The van der Waals surface area contributed by atoms with Gasteiger partial charge in [0.2, 0.25) is 5.91 Å². The van der Waals surface area contributed by atoms with E-state index in [2.05, 4.69) is 20.5 Å². The maximum atomic E-state index is 12.4. The Morgan fingerprint density at radius 2 is 1.97 bits per heavy atom. The topological polar surface area (TPSA) is 69.6 Å². The standard InChI is InChI=1S/C20H16F2N4OS2/c21-19(22)28-14-7-5-12(6-8-14)9-17-18(27)25-20(29-17)26-24-11-13-10-23-16-4-2-1-3-15(13)16/h1-8,10-11,17,19,23H,9H2,(H,25,26,27)/b24-11-/t17-/m0/s1. The van der Waals surface area contributed by atoms with Gasteiger partial charge in [-0.15, -0.1) is 5.10 Å². The number of aromatic nitrogens is 1. The highest BCUT2D eigenvalue weighted by Crippen LogP contribution is 2.27. The number of rotatable bonds is 6. The van der Waals surface area contributed by atoms with Gasteiger partial charge in [-0.2, -0.15) is 13.9 Å². The van der Waals surface area contributed by atoms with Gasteiger partial charge in [-0.1, -0.05) is 53.9 Å². The second kappa shape index (κ2) is 8.79. The van der Waals surface area contributed by atoms with Crippen LogP contribution in [0.3, 0.4) is 0 Å². The third kappa shape index (κ3) is 4.86. The first kappa shape index (κ1) is 19.7. The van der Waals surface area contributed by atoms with Gasteiger partial charge in [0.05, 0.1) is 11.5 Å². The van der Waals surface area contributed by atoms with Gasteiger partial charge in [-0.05, 0) is 30.2 Å². The average molecular weight is 431 g/mol. The first-order valence-electron chi connectivity index (χ1n) is 8.77. The Kier molecular flexibility index (Phi) is 5.96. The molecule has 0 aliphatic carbocycles. The maximum Gasteiger partial charge on any atom is 0.288 e. The number of carbonyl (C=O) groups excluding carboxylic acids is 1. The molecule has 1 fully saturated rings. The number of carbonyl (C=O) groups is 1. The lowest BCUT2D eigenvalue weighted by Gasteiger charge is -2.06. The van der Waals surface area contributed by atoms with E-state index >= 15 is 0 Å². The minimum atomic E-state index is -2.44. The second-order valence-corrected chi connectivity index (χ2v) is 8.52. The molecule has 2 aromatic carbocycles. The molecule has 5 nitrogen and oxygen atoms in total. The number of amides is 1. The summed E-state index contributed by atoms with van der Waals surface area (Å²) in [6.45, 7) is 0. The van der Waals surface area contributed by atoms with Gasteiger partial charge in [0.25, 0.3) is 5.76 Å². The van der Waals surface area contributed by atoms with Crippen LogP contribution in [-0.2, 0) is 11.2 Å². The zero-order valence-corrected chi connectivity index (χ0v) is 16.6. The van der Waals surface area contributed by atoms with Crippen molar-refractivity contribution in [2.24, 2.45) is 10.2 Å². The van der Waals surface area contributed by atoms with Crippen LogP contribution in [0.1, 0.15) is 11.1 Å². The highest BCUT2D eigenvalue weighted by atomic mass is 32.2. The van der Waals surface area contributed by atoms with Crippen LogP contribution >= 0.6 is 23.5 Å². The number of aromatic amines is 1. The van der Waals surface area contributed by atoms with Gasteiger partial charge in [0.1, 0.15) is 0 Å². The van der Waals surface area contributed by atoms with Gasteiger partial charge < -0.3 is 10.3 Å². The number of amidine groups is 1. The van der Waals surface area contributed by atoms with Crippen molar-refractivity contribution in [3.8, 4) is 0 Å². The summed E-state index contributed by atoms with van der Waals surface area (Å²) in [6.07, 6.45) is 3.99. The molecule has 1 atom stereocenters. The highest BCUT2D eigenvalue weighted by Gasteiger charge is 2.30. The average Bonchev–Trinajstić information content (AvgIpc) is 3.27. The first-order chi connectivity index (χ1) is 14.1. The van der Waals surface area contributed by atoms with E-state index in [-0.39, 0.29) is 11.2 Å². The molecule has 1 aromatic heterocycles. The van der Waals surface area contributed by atoms with Crippen molar-refractivity contribution in [1.82, 2.24) is 10.3 Å². The molecule has 29 heavy (non-hydrogen) atoms. The molecular weight excluding hydrogens is 414 g/mol. The van der Waals surface area contributed by atoms with Crippen molar-refractivity contribution in [1.29, 1.82) is 0 Å². The van der Waals surface area contributed by atoms with E-state index in [1.54, 1.807) is 30.5 Å². The lowest BCUT2D eigenvalue weighted by Crippen LogP contribution is -2.25. The third-order valence-corrected chi connectivity index (χ3v) is 6.11. The lowest BCUT2D eigenvalue weighted by molar-refractivity contribution is -0.118. The Morgan fingerprint density at radius 3 is 2.76 bits per heavy atom. The molecule has 1 aliphatic heterocycles. The van der Waals surface area contributed by atoms with Crippen LogP contribution < -0.4 is 5.32 Å². The predicted molar refractivity (Wildman–Crippen MR) is 115 cm³/mol. The fourth-order valence-electron chi connectivity index (χ4n) is 2.95. The molecule has 9 heteroatoms. The zero-order chi connectivity index (χ0) is 20.2. The summed E-state index contributed by atoms with van der Waals surface area (Å²) in [6, 6.07) is 14.7. The number of benzene rings is 2. The normalized spacial score (nSPS) is 18.4. The zero-order valence-electron chi connectivity index (χ0n) is 15.0. The van der Waals surface area contributed by atoms with E-state index in [0.29, 0.717) is 28.2 Å². The van der Waals surface area contributed by atoms with Crippen molar-refractivity contribution >= 4 is 51.7 Å². The fraction of sp³-hybridized carbons (Fsp3) is 0.150. The van der Waals surface area contributed by atoms with E-state index in [9.17, 15) is 13.6 Å². The van der Waals surface area contributed by atoms with E-state index in [0.717, 1.165) is 22.0 Å². The van der Waals surface area contributed by atoms with E-state index in [1.807, 2.05) is 30.5 Å². The summed E-state index contributed by atoms with van der Waals surface area (Å²) in [4.78, 5) is 15.9. The van der Waals surface area contributed by atoms with Crippen LogP contribution in [0.5, 0.6) is 0 Å². The van der Waals surface area contributed by atoms with Gasteiger partial charge in [-0.3, -0.25) is 4.79 Å². The molecule has 0 bridgehead atoms.